The molecule has 1 heterocycles. The molecule has 1 unspecified atom stereocenters. The highest BCUT2D eigenvalue weighted by Crippen LogP contribution is 2.22. The van der Waals surface area contributed by atoms with Crippen LogP contribution in [0.4, 0.5) is 0 Å². The summed E-state index contributed by atoms with van der Waals surface area (Å²) in [4.78, 5) is 16.7. The molecule has 2 aromatic rings. The Morgan fingerprint density at radius 2 is 2.00 bits per heavy atom. The van der Waals surface area contributed by atoms with Crippen molar-refractivity contribution in [1.82, 2.24) is 4.98 Å². The van der Waals surface area contributed by atoms with E-state index in [9.17, 15) is 4.79 Å². The maximum Gasteiger partial charge on any atom is 0.165 e. The summed E-state index contributed by atoms with van der Waals surface area (Å²) in [6.45, 7) is 2.88. The number of hydrogen-bond donors (Lipinski definition) is 1. The van der Waals surface area contributed by atoms with Crippen LogP contribution in [0.25, 0.3) is 10.8 Å². The van der Waals surface area contributed by atoms with Gasteiger partial charge in [-0.3, -0.25) is 9.78 Å². The molecule has 0 aliphatic rings. The van der Waals surface area contributed by atoms with E-state index in [1.807, 2.05) is 24.3 Å². The van der Waals surface area contributed by atoms with Gasteiger partial charge in [0.1, 0.15) is 0 Å². The van der Waals surface area contributed by atoms with E-state index in [-0.39, 0.29) is 5.78 Å². The maximum absolute atomic E-state index is 12.5. The smallest absolute Gasteiger partial charge is 0.165 e. The molecule has 21 heavy (non-hydrogen) atoms. The Kier molecular flexibility index (Phi) is 5.88. The molecule has 2 rings (SSSR count). The fourth-order valence-electron chi connectivity index (χ4n) is 2.89. The SMILES string of the molecule is CCCC(CCN)CCC(=O)c1cncc2ccccc12. The first-order valence-electron chi connectivity index (χ1n) is 7.82. The zero-order chi connectivity index (χ0) is 15.1. The number of carbonyl (C=O) groups is 1. The van der Waals surface area contributed by atoms with E-state index in [0.29, 0.717) is 18.9 Å². The van der Waals surface area contributed by atoms with Gasteiger partial charge in [-0.2, -0.15) is 0 Å². The predicted molar refractivity (Wildman–Crippen MR) is 87.4 cm³/mol. The van der Waals surface area contributed by atoms with Gasteiger partial charge in [0.05, 0.1) is 0 Å². The maximum atomic E-state index is 12.5. The van der Waals surface area contributed by atoms with Crippen molar-refractivity contribution in [2.24, 2.45) is 11.7 Å². The Morgan fingerprint density at radius 1 is 1.19 bits per heavy atom. The van der Waals surface area contributed by atoms with Crippen molar-refractivity contribution in [2.45, 2.75) is 39.0 Å². The minimum atomic E-state index is 0.192. The van der Waals surface area contributed by atoms with Crippen molar-refractivity contribution < 1.29 is 4.79 Å². The summed E-state index contributed by atoms with van der Waals surface area (Å²) in [5, 5.41) is 2.03. The minimum Gasteiger partial charge on any atom is -0.330 e. The molecule has 0 spiro atoms. The summed E-state index contributed by atoms with van der Waals surface area (Å²) >= 11 is 0. The number of hydrogen-bond acceptors (Lipinski definition) is 3. The molecule has 1 atom stereocenters. The van der Waals surface area contributed by atoms with Crippen LogP contribution in [0.5, 0.6) is 0 Å². The van der Waals surface area contributed by atoms with Gasteiger partial charge in [-0.05, 0) is 30.7 Å². The Labute approximate surface area is 126 Å². The topological polar surface area (TPSA) is 56.0 Å². The molecule has 2 N–H and O–H groups in total. The highest BCUT2D eigenvalue weighted by atomic mass is 16.1. The van der Waals surface area contributed by atoms with Gasteiger partial charge in [0.15, 0.2) is 5.78 Å². The molecule has 0 bridgehead atoms. The molecule has 0 amide bonds. The largest absolute Gasteiger partial charge is 0.330 e. The van der Waals surface area contributed by atoms with Crippen LogP contribution >= 0.6 is 0 Å². The van der Waals surface area contributed by atoms with Gasteiger partial charge in [-0.15, -0.1) is 0 Å². The summed E-state index contributed by atoms with van der Waals surface area (Å²) in [7, 11) is 0. The van der Waals surface area contributed by atoms with Crippen LogP contribution in [0.3, 0.4) is 0 Å². The Hall–Kier alpha value is -1.74. The molecule has 0 fully saturated rings. The Bertz CT molecular complexity index is 583. The number of nitrogens with two attached hydrogens (primary N) is 1. The first kappa shape index (κ1) is 15.6. The number of nitrogens with zero attached hydrogens (tertiary/aromatic N) is 1. The van der Waals surface area contributed by atoms with E-state index in [0.717, 1.165) is 42.0 Å². The highest BCUT2D eigenvalue weighted by Gasteiger charge is 2.14. The number of aromatic nitrogens is 1. The van der Waals surface area contributed by atoms with Crippen molar-refractivity contribution in [3.63, 3.8) is 0 Å². The predicted octanol–water partition coefficient (Wildman–Crippen LogP) is 3.96. The van der Waals surface area contributed by atoms with E-state index < -0.39 is 0 Å². The van der Waals surface area contributed by atoms with E-state index in [4.69, 9.17) is 5.73 Å². The van der Waals surface area contributed by atoms with Crippen LogP contribution in [-0.2, 0) is 0 Å². The lowest BCUT2D eigenvalue weighted by atomic mass is 9.92. The molecule has 0 radical (unpaired) electrons. The molecule has 112 valence electrons. The van der Waals surface area contributed by atoms with Crippen molar-refractivity contribution in [1.29, 1.82) is 0 Å². The van der Waals surface area contributed by atoms with Crippen molar-refractivity contribution in [3.05, 3.63) is 42.2 Å². The number of carbonyl (C=O) groups excluding carboxylic acids is 1. The molecular formula is C18H24N2O. The third-order valence-corrected chi connectivity index (χ3v) is 4.02. The molecule has 0 aliphatic heterocycles. The quantitative estimate of drug-likeness (QED) is 0.746. The van der Waals surface area contributed by atoms with Crippen LogP contribution in [-0.4, -0.2) is 17.3 Å². The minimum absolute atomic E-state index is 0.192. The molecule has 0 saturated heterocycles. The Balaban J connectivity index is 2.08. The van der Waals surface area contributed by atoms with E-state index >= 15 is 0 Å². The van der Waals surface area contributed by atoms with Crippen molar-refractivity contribution in [2.75, 3.05) is 6.54 Å². The van der Waals surface area contributed by atoms with E-state index in [2.05, 4.69) is 11.9 Å². The Morgan fingerprint density at radius 3 is 2.76 bits per heavy atom. The highest BCUT2D eigenvalue weighted by molar-refractivity contribution is 6.07. The fourth-order valence-corrected chi connectivity index (χ4v) is 2.89. The van der Waals surface area contributed by atoms with Crippen LogP contribution in [0.1, 0.15) is 49.4 Å². The van der Waals surface area contributed by atoms with E-state index in [1.54, 1.807) is 12.4 Å². The second-order valence-corrected chi connectivity index (χ2v) is 5.60. The number of Topliss-reactive ketones (excluding diaryl/α,β-unsaturated/α-hetero) is 1. The standard InChI is InChI=1S/C18H24N2O/c1-2-5-14(10-11-19)8-9-18(21)17-13-20-12-15-6-3-4-7-16(15)17/h3-4,6-7,12-14H,2,5,8-11,19H2,1H3. The fraction of sp³-hybridized carbons (Fsp3) is 0.444. The number of ketones is 1. The number of pyridine rings is 1. The monoisotopic (exact) mass is 284 g/mol. The van der Waals surface area contributed by atoms with Gasteiger partial charge in [-0.1, -0.05) is 44.0 Å². The van der Waals surface area contributed by atoms with Crippen molar-refractivity contribution >= 4 is 16.6 Å². The summed E-state index contributed by atoms with van der Waals surface area (Å²) in [6.07, 6.45) is 8.32. The second-order valence-electron chi connectivity index (χ2n) is 5.60. The molecule has 0 aliphatic carbocycles. The van der Waals surface area contributed by atoms with Gasteiger partial charge in [-0.25, -0.2) is 0 Å². The normalized spacial score (nSPS) is 12.5. The number of rotatable bonds is 8. The number of fused-ring (bicyclic) bond motifs is 1. The van der Waals surface area contributed by atoms with E-state index in [1.165, 1.54) is 0 Å². The van der Waals surface area contributed by atoms with Crippen LogP contribution < -0.4 is 5.73 Å². The van der Waals surface area contributed by atoms with Crippen LogP contribution in [0, 0.1) is 5.92 Å². The molecule has 3 nitrogen and oxygen atoms in total. The molecule has 0 saturated carbocycles. The molecular weight excluding hydrogens is 260 g/mol. The lowest BCUT2D eigenvalue weighted by Crippen LogP contribution is -2.11. The summed E-state index contributed by atoms with van der Waals surface area (Å²) in [6, 6.07) is 7.92. The number of benzene rings is 1. The average molecular weight is 284 g/mol. The summed E-state index contributed by atoms with van der Waals surface area (Å²) < 4.78 is 0. The third-order valence-electron chi connectivity index (χ3n) is 4.02. The van der Waals surface area contributed by atoms with Gasteiger partial charge < -0.3 is 5.73 Å². The van der Waals surface area contributed by atoms with Crippen LogP contribution in [0.2, 0.25) is 0 Å². The lowest BCUT2D eigenvalue weighted by molar-refractivity contribution is 0.0973. The van der Waals surface area contributed by atoms with Gasteiger partial charge >= 0.3 is 0 Å². The first-order valence-corrected chi connectivity index (χ1v) is 7.82. The van der Waals surface area contributed by atoms with Gasteiger partial charge in [0.25, 0.3) is 0 Å². The third kappa shape index (κ3) is 4.11. The van der Waals surface area contributed by atoms with Gasteiger partial charge in [0, 0.05) is 29.8 Å². The zero-order valence-electron chi connectivity index (χ0n) is 12.7. The zero-order valence-corrected chi connectivity index (χ0v) is 12.7. The van der Waals surface area contributed by atoms with Crippen LogP contribution in [0.15, 0.2) is 36.7 Å². The summed E-state index contributed by atoms with van der Waals surface area (Å²) in [5.41, 5.74) is 6.40. The van der Waals surface area contributed by atoms with Gasteiger partial charge in [0.2, 0.25) is 0 Å². The average Bonchev–Trinajstić information content (AvgIpc) is 2.52. The lowest BCUT2D eigenvalue weighted by Gasteiger charge is -2.14. The summed E-state index contributed by atoms with van der Waals surface area (Å²) in [5.74, 6) is 0.754. The molecule has 3 heteroatoms. The van der Waals surface area contributed by atoms with Crippen molar-refractivity contribution in [3.8, 4) is 0 Å². The molecule has 1 aromatic carbocycles. The second kappa shape index (κ2) is 7.89. The first-order chi connectivity index (χ1) is 10.3. The molecule has 1 aromatic heterocycles.